The quantitative estimate of drug-likeness (QED) is 0.567. The molecule has 3 rings (SSSR count). The number of hydrogen-bond donors (Lipinski definition) is 1. The maximum atomic E-state index is 14.0. The molecule has 8 heteroatoms. The third-order valence-electron chi connectivity index (χ3n) is 3.60. The van der Waals surface area contributed by atoms with Crippen molar-refractivity contribution in [2.75, 3.05) is 0 Å². The van der Waals surface area contributed by atoms with Crippen molar-refractivity contribution in [3.8, 4) is 16.8 Å². The zero-order chi connectivity index (χ0) is 18.0. The molecule has 0 atom stereocenters. The second kappa shape index (κ2) is 6.52. The number of nitro groups is 1. The molecule has 0 aliphatic heterocycles. The maximum Gasteiger partial charge on any atom is 0.309 e. The molecule has 0 fully saturated rings. The predicted octanol–water partition coefficient (Wildman–Crippen LogP) is 3.21. The van der Waals surface area contributed by atoms with Gasteiger partial charge in [-0.1, -0.05) is 12.1 Å². The van der Waals surface area contributed by atoms with Crippen LogP contribution in [0.3, 0.4) is 0 Å². The van der Waals surface area contributed by atoms with E-state index in [0.29, 0.717) is 11.1 Å². The number of rotatable bonds is 5. The average molecular weight is 341 g/mol. The van der Waals surface area contributed by atoms with Crippen LogP contribution in [0.4, 0.5) is 10.1 Å². The van der Waals surface area contributed by atoms with Gasteiger partial charge in [0.1, 0.15) is 11.5 Å². The lowest BCUT2D eigenvalue weighted by Gasteiger charge is -2.01. The first-order valence-corrected chi connectivity index (χ1v) is 7.26. The van der Waals surface area contributed by atoms with Gasteiger partial charge in [0.05, 0.1) is 17.0 Å². The number of nitro benzene ring substituents is 1. The molecule has 0 aliphatic carbocycles. The molecule has 3 aromatic rings. The summed E-state index contributed by atoms with van der Waals surface area (Å²) in [6, 6.07) is 11.6. The first kappa shape index (κ1) is 16.3. The van der Waals surface area contributed by atoms with Crippen LogP contribution in [0.1, 0.15) is 5.69 Å². The Balaban J connectivity index is 2.09. The summed E-state index contributed by atoms with van der Waals surface area (Å²) >= 11 is 0. The molecule has 7 nitrogen and oxygen atoms in total. The molecule has 2 aromatic carbocycles. The minimum atomic E-state index is -1.08. The third kappa shape index (κ3) is 3.37. The van der Waals surface area contributed by atoms with E-state index in [9.17, 15) is 19.3 Å². The highest BCUT2D eigenvalue weighted by Gasteiger charge is 2.17. The van der Waals surface area contributed by atoms with Crippen LogP contribution in [0.25, 0.3) is 16.8 Å². The Morgan fingerprint density at radius 3 is 2.48 bits per heavy atom. The van der Waals surface area contributed by atoms with E-state index >= 15 is 0 Å². The summed E-state index contributed by atoms with van der Waals surface area (Å²) in [6.45, 7) is 0. The molecule has 1 aromatic heterocycles. The van der Waals surface area contributed by atoms with Crippen molar-refractivity contribution in [1.82, 2.24) is 9.78 Å². The molecule has 0 spiro atoms. The smallest absolute Gasteiger partial charge is 0.309 e. The number of non-ortho nitro benzene ring substituents is 1. The number of carboxylic acid groups (broad SMARTS) is 1. The first-order chi connectivity index (χ1) is 12.0. The zero-order valence-corrected chi connectivity index (χ0v) is 12.8. The van der Waals surface area contributed by atoms with Gasteiger partial charge in [0.15, 0.2) is 0 Å². The van der Waals surface area contributed by atoms with Crippen LogP contribution in [0.2, 0.25) is 0 Å². The van der Waals surface area contributed by atoms with Gasteiger partial charge >= 0.3 is 5.97 Å². The SMILES string of the molecule is O=C(O)Cc1nn(-c2ccccc2F)cc1-c1ccc([N+](=O)[O-])cc1. The van der Waals surface area contributed by atoms with Crippen LogP contribution < -0.4 is 0 Å². The van der Waals surface area contributed by atoms with Crippen LogP contribution in [0, 0.1) is 15.9 Å². The number of carbonyl (C=O) groups is 1. The summed E-state index contributed by atoms with van der Waals surface area (Å²) < 4.78 is 15.2. The topological polar surface area (TPSA) is 98.3 Å². The molecule has 1 heterocycles. The van der Waals surface area contributed by atoms with E-state index in [2.05, 4.69) is 5.10 Å². The maximum absolute atomic E-state index is 14.0. The lowest BCUT2D eigenvalue weighted by atomic mass is 10.0. The van der Waals surface area contributed by atoms with Gasteiger partial charge in [-0.3, -0.25) is 14.9 Å². The van der Waals surface area contributed by atoms with E-state index in [-0.39, 0.29) is 23.5 Å². The fraction of sp³-hybridized carbons (Fsp3) is 0.0588. The minimum Gasteiger partial charge on any atom is -0.481 e. The van der Waals surface area contributed by atoms with Gasteiger partial charge in [0.2, 0.25) is 0 Å². The van der Waals surface area contributed by atoms with E-state index in [1.165, 1.54) is 53.3 Å². The predicted molar refractivity (Wildman–Crippen MR) is 87.0 cm³/mol. The van der Waals surface area contributed by atoms with E-state index < -0.39 is 16.7 Å². The van der Waals surface area contributed by atoms with Crippen molar-refractivity contribution in [3.63, 3.8) is 0 Å². The van der Waals surface area contributed by atoms with Crippen LogP contribution in [-0.4, -0.2) is 25.8 Å². The Morgan fingerprint density at radius 2 is 1.88 bits per heavy atom. The number of nitrogens with zero attached hydrogens (tertiary/aromatic N) is 3. The van der Waals surface area contributed by atoms with Crippen molar-refractivity contribution < 1.29 is 19.2 Å². The summed E-state index contributed by atoms with van der Waals surface area (Å²) in [7, 11) is 0. The zero-order valence-electron chi connectivity index (χ0n) is 12.8. The molecular formula is C17H12FN3O4. The fourth-order valence-corrected chi connectivity index (χ4v) is 2.45. The molecule has 126 valence electrons. The van der Waals surface area contributed by atoms with Crippen LogP contribution in [0.5, 0.6) is 0 Å². The van der Waals surface area contributed by atoms with Gasteiger partial charge in [-0.25, -0.2) is 9.07 Å². The molecule has 0 saturated heterocycles. The van der Waals surface area contributed by atoms with Crippen LogP contribution in [0.15, 0.2) is 54.7 Å². The normalized spacial score (nSPS) is 10.6. The Bertz CT molecular complexity index is 951. The van der Waals surface area contributed by atoms with Crippen molar-refractivity contribution in [2.24, 2.45) is 0 Å². The van der Waals surface area contributed by atoms with Gasteiger partial charge in [-0.2, -0.15) is 5.10 Å². The summed E-state index contributed by atoms with van der Waals surface area (Å²) in [5.74, 6) is -1.58. The standard InChI is InChI=1S/C17H12FN3O4/c18-14-3-1-2-4-16(14)20-10-13(15(19-20)9-17(22)23)11-5-7-12(8-6-11)21(24)25/h1-8,10H,9H2,(H,22,23). The van der Waals surface area contributed by atoms with Crippen molar-refractivity contribution in [1.29, 1.82) is 0 Å². The number of benzene rings is 2. The number of carboxylic acids is 1. The van der Waals surface area contributed by atoms with Crippen molar-refractivity contribution in [2.45, 2.75) is 6.42 Å². The number of halogens is 1. The third-order valence-corrected chi connectivity index (χ3v) is 3.60. The molecule has 0 radical (unpaired) electrons. The molecule has 25 heavy (non-hydrogen) atoms. The number of aromatic nitrogens is 2. The summed E-state index contributed by atoms with van der Waals surface area (Å²) in [4.78, 5) is 21.3. The summed E-state index contributed by atoms with van der Waals surface area (Å²) in [5.41, 5.74) is 1.38. The van der Waals surface area contributed by atoms with Crippen molar-refractivity contribution in [3.05, 3.63) is 76.4 Å². The van der Waals surface area contributed by atoms with Crippen molar-refractivity contribution >= 4 is 11.7 Å². The highest BCUT2D eigenvalue weighted by Crippen LogP contribution is 2.27. The highest BCUT2D eigenvalue weighted by molar-refractivity contribution is 5.75. The van der Waals surface area contributed by atoms with Crippen LogP contribution in [-0.2, 0) is 11.2 Å². The molecular weight excluding hydrogens is 329 g/mol. The van der Waals surface area contributed by atoms with Gasteiger partial charge in [0.25, 0.3) is 5.69 Å². The largest absolute Gasteiger partial charge is 0.481 e. The van der Waals surface area contributed by atoms with Gasteiger partial charge in [-0.15, -0.1) is 0 Å². The second-order valence-corrected chi connectivity index (χ2v) is 5.26. The number of hydrogen-bond acceptors (Lipinski definition) is 4. The average Bonchev–Trinajstić information content (AvgIpc) is 2.98. The van der Waals surface area contributed by atoms with Gasteiger partial charge in [0, 0.05) is 23.9 Å². The fourth-order valence-electron chi connectivity index (χ4n) is 2.45. The Hall–Kier alpha value is -3.55. The molecule has 0 amide bonds. The minimum absolute atomic E-state index is 0.0787. The molecule has 0 saturated carbocycles. The Morgan fingerprint density at radius 1 is 1.20 bits per heavy atom. The summed E-state index contributed by atoms with van der Waals surface area (Å²) in [5, 5.41) is 24.0. The Kier molecular flexibility index (Phi) is 4.25. The molecule has 0 aliphatic rings. The van der Waals surface area contributed by atoms with E-state index in [4.69, 9.17) is 5.11 Å². The Labute approximate surface area is 141 Å². The lowest BCUT2D eigenvalue weighted by Crippen LogP contribution is -2.04. The molecule has 1 N–H and O–H groups in total. The van der Waals surface area contributed by atoms with E-state index in [1.807, 2.05) is 0 Å². The van der Waals surface area contributed by atoms with Crippen LogP contribution >= 0.6 is 0 Å². The van der Waals surface area contributed by atoms with E-state index in [1.54, 1.807) is 6.07 Å². The monoisotopic (exact) mass is 341 g/mol. The molecule has 0 unspecified atom stereocenters. The van der Waals surface area contributed by atoms with Gasteiger partial charge < -0.3 is 5.11 Å². The lowest BCUT2D eigenvalue weighted by molar-refractivity contribution is -0.384. The first-order valence-electron chi connectivity index (χ1n) is 7.26. The highest BCUT2D eigenvalue weighted by atomic mass is 19.1. The van der Waals surface area contributed by atoms with Gasteiger partial charge in [-0.05, 0) is 29.8 Å². The number of aliphatic carboxylic acids is 1. The number of para-hydroxylation sites is 1. The second-order valence-electron chi connectivity index (χ2n) is 5.26. The van der Waals surface area contributed by atoms with E-state index in [0.717, 1.165) is 0 Å². The molecule has 0 bridgehead atoms. The summed E-state index contributed by atoms with van der Waals surface area (Å²) in [6.07, 6.45) is 1.16.